The number of pyridine rings is 1. The van der Waals surface area contributed by atoms with Gasteiger partial charge in [-0.3, -0.25) is 9.59 Å². The van der Waals surface area contributed by atoms with Crippen molar-refractivity contribution in [3.8, 4) is 0 Å². The van der Waals surface area contributed by atoms with Crippen molar-refractivity contribution in [3.63, 3.8) is 0 Å². The van der Waals surface area contributed by atoms with E-state index < -0.39 is 0 Å². The van der Waals surface area contributed by atoms with Crippen molar-refractivity contribution in [1.29, 1.82) is 0 Å². The van der Waals surface area contributed by atoms with Crippen molar-refractivity contribution in [1.82, 2.24) is 15.2 Å². The summed E-state index contributed by atoms with van der Waals surface area (Å²) in [6.07, 6.45) is 0.726. The van der Waals surface area contributed by atoms with Crippen molar-refractivity contribution in [3.05, 3.63) is 28.0 Å². The van der Waals surface area contributed by atoms with Crippen LogP contribution in [0.15, 0.2) is 12.1 Å². The fourth-order valence-corrected chi connectivity index (χ4v) is 2.21. The molecular formula is C11H11Cl2N3O2. The number of halogens is 2. The molecule has 1 aromatic rings. The first-order valence-corrected chi connectivity index (χ1v) is 6.21. The monoisotopic (exact) mass is 287 g/mol. The molecule has 1 fully saturated rings. The molecule has 1 aromatic heterocycles. The summed E-state index contributed by atoms with van der Waals surface area (Å²) >= 11 is 11.5. The quantitative estimate of drug-likeness (QED) is 0.793. The van der Waals surface area contributed by atoms with Gasteiger partial charge in [-0.2, -0.15) is 0 Å². The van der Waals surface area contributed by atoms with Crippen LogP contribution in [-0.2, 0) is 4.79 Å². The Labute approximate surface area is 114 Å². The Balaban J connectivity index is 2.21. The highest BCUT2D eigenvalue weighted by Crippen LogP contribution is 2.16. The van der Waals surface area contributed by atoms with Gasteiger partial charge in [0.2, 0.25) is 5.91 Å². The number of hydrogen-bond acceptors (Lipinski definition) is 3. The van der Waals surface area contributed by atoms with Gasteiger partial charge in [0.15, 0.2) is 0 Å². The van der Waals surface area contributed by atoms with Crippen LogP contribution in [0.4, 0.5) is 0 Å². The molecule has 0 bridgehead atoms. The SMILES string of the molecule is O=C1CN(C(=O)c2cc(Cl)nc(Cl)c2)CCCN1. The fourth-order valence-electron chi connectivity index (χ4n) is 1.75. The van der Waals surface area contributed by atoms with E-state index >= 15 is 0 Å². The average Bonchev–Trinajstić information content (AvgIpc) is 2.51. The van der Waals surface area contributed by atoms with Gasteiger partial charge in [-0.1, -0.05) is 23.2 Å². The van der Waals surface area contributed by atoms with Gasteiger partial charge >= 0.3 is 0 Å². The highest BCUT2D eigenvalue weighted by Gasteiger charge is 2.21. The molecule has 2 heterocycles. The zero-order valence-corrected chi connectivity index (χ0v) is 11.0. The predicted molar refractivity (Wildman–Crippen MR) is 67.8 cm³/mol. The van der Waals surface area contributed by atoms with Crippen LogP contribution < -0.4 is 5.32 Å². The molecule has 5 nitrogen and oxygen atoms in total. The zero-order valence-electron chi connectivity index (χ0n) is 9.45. The van der Waals surface area contributed by atoms with Gasteiger partial charge in [0, 0.05) is 18.7 Å². The van der Waals surface area contributed by atoms with Gasteiger partial charge in [-0.15, -0.1) is 0 Å². The summed E-state index contributed by atoms with van der Waals surface area (Å²) in [5.74, 6) is -0.426. The first-order valence-electron chi connectivity index (χ1n) is 5.45. The topological polar surface area (TPSA) is 62.3 Å². The molecule has 0 atom stereocenters. The number of aromatic nitrogens is 1. The van der Waals surface area contributed by atoms with E-state index in [2.05, 4.69) is 10.3 Å². The molecule has 96 valence electrons. The smallest absolute Gasteiger partial charge is 0.254 e. The third-order valence-electron chi connectivity index (χ3n) is 2.56. The lowest BCUT2D eigenvalue weighted by atomic mass is 10.2. The molecule has 2 amide bonds. The largest absolute Gasteiger partial charge is 0.354 e. The second-order valence-electron chi connectivity index (χ2n) is 3.93. The van der Waals surface area contributed by atoms with Crippen molar-refractivity contribution < 1.29 is 9.59 Å². The minimum atomic E-state index is -0.266. The molecule has 0 saturated carbocycles. The van der Waals surface area contributed by atoms with E-state index in [0.717, 1.165) is 6.42 Å². The summed E-state index contributed by atoms with van der Waals surface area (Å²) in [5, 5.41) is 3.02. The molecule has 18 heavy (non-hydrogen) atoms. The van der Waals surface area contributed by atoms with Gasteiger partial charge in [-0.25, -0.2) is 4.98 Å². The second-order valence-corrected chi connectivity index (χ2v) is 4.71. The summed E-state index contributed by atoms with van der Waals surface area (Å²) in [7, 11) is 0. The molecule has 0 spiro atoms. The minimum absolute atomic E-state index is 0.0520. The fraction of sp³-hybridized carbons (Fsp3) is 0.364. The standard InChI is InChI=1S/C11H11Cl2N3O2/c12-8-4-7(5-9(13)15-8)11(18)16-3-1-2-14-10(17)6-16/h4-5H,1-3,6H2,(H,14,17). The Bertz CT molecular complexity index is 473. The molecule has 0 unspecified atom stereocenters. The summed E-state index contributed by atoms with van der Waals surface area (Å²) < 4.78 is 0. The average molecular weight is 288 g/mol. The lowest BCUT2D eigenvalue weighted by Gasteiger charge is -2.19. The number of nitrogens with zero attached hydrogens (tertiary/aromatic N) is 2. The summed E-state index contributed by atoms with van der Waals surface area (Å²) in [4.78, 5) is 28.8. The number of amides is 2. The van der Waals surface area contributed by atoms with Gasteiger partial charge in [0.05, 0.1) is 6.54 Å². The van der Waals surface area contributed by atoms with E-state index in [9.17, 15) is 9.59 Å². The number of carbonyl (C=O) groups excluding carboxylic acids is 2. The van der Waals surface area contributed by atoms with Gasteiger partial charge in [0.1, 0.15) is 10.3 Å². The zero-order chi connectivity index (χ0) is 13.1. The van der Waals surface area contributed by atoms with Crippen molar-refractivity contribution >= 4 is 35.0 Å². The van der Waals surface area contributed by atoms with Crippen LogP contribution in [0.25, 0.3) is 0 Å². The van der Waals surface area contributed by atoms with Crippen LogP contribution in [0, 0.1) is 0 Å². The van der Waals surface area contributed by atoms with Crippen LogP contribution in [-0.4, -0.2) is 41.3 Å². The highest BCUT2D eigenvalue weighted by atomic mass is 35.5. The van der Waals surface area contributed by atoms with Gasteiger partial charge in [-0.05, 0) is 18.6 Å². The predicted octanol–water partition coefficient (Wildman–Crippen LogP) is 1.35. The maximum Gasteiger partial charge on any atom is 0.254 e. The molecule has 0 aliphatic carbocycles. The summed E-state index contributed by atoms with van der Waals surface area (Å²) in [5.41, 5.74) is 0.342. The number of nitrogens with one attached hydrogen (secondary N) is 1. The Morgan fingerprint density at radius 1 is 1.33 bits per heavy atom. The lowest BCUT2D eigenvalue weighted by molar-refractivity contribution is -0.121. The third kappa shape index (κ3) is 3.11. The second kappa shape index (κ2) is 5.54. The Morgan fingerprint density at radius 3 is 2.67 bits per heavy atom. The van der Waals surface area contributed by atoms with E-state index in [1.54, 1.807) is 0 Å². The number of hydrogen-bond donors (Lipinski definition) is 1. The van der Waals surface area contributed by atoms with E-state index in [1.807, 2.05) is 0 Å². The molecule has 0 aromatic carbocycles. The molecule has 1 saturated heterocycles. The van der Waals surface area contributed by atoms with Crippen LogP contribution in [0.1, 0.15) is 16.8 Å². The normalized spacial score (nSPS) is 16.1. The maximum atomic E-state index is 12.2. The number of carbonyl (C=O) groups is 2. The Kier molecular flexibility index (Phi) is 4.04. The Morgan fingerprint density at radius 2 is 2.00 bits per heavy atom. The van der Waals surface area contributed by atoms with Gasteiger partial charge in [0.25, 0.3) is 5.91 Å². The molecule has 1 N–H and O–H groups in total. The maximum absolute atomic E-state index is 12.2. The van der Waals surface area contributed by atoms with Crippen LogP contribution in [0.3, 0.4) is 0 Å². The van der Waals surface area contributed by atoms with Crippen LogP contribution in [0.2, 0.25) is 10.3 Å². The van der Waals surface area contributed by atoms with Crippen molar-refractivity contribution in [2.75, 3.05) is 19.6 Å². The van der Waals surface area contributed by atoms with Crippen molar-refractivity contribution in [2.24, 2.45) is 0 Å². The molecular weight excluding hydrogens is 277 g/mol. The third-order valence-corrected chi connectivity index (χ3v) is 2.95. The van der Waals surface area contributed by atoms with E-state index in [1.165, 1.54) is 17.0 Å². The minimum Gasteiger partial charge on any atom is -0.354 e. The lowest BCUT2D eigenvalue weighted by Crippen LogP contribution is -2.37. The van der Waals surface area contributed by atoms with Gasteiger partial charge < -0.3 is 10.2 Å². The first kappa shape index (κ1) is 13.1. The van der Waals surface area contributed by atoms with Crippen molar-refractivity contribution in [2.45, 2.75) is 6.42 Å². The van der Waals surface area contributed by atoms with E-state index in [-0.39, 0.29) is 28.7 Å². The molecule has 1 aliphatic heterocycles. The molecule has 2 rings (SSSR count). The molecule has 1 aliphatic rings. The molecule has 7 heteroatoms. The van der Waals surface area contributed by atoms with E-state index in [4.69, 9.17) is 23.2 Å². The van der Waals surface area contributed by atoms with Crippen LogP contribution >= 0.6 is 23.2 Å². The Hall–Kier alpha value is -1.33. The molecule has 0 radical (unpaired) electrons. The highest BCUT2D eigenvalue weighted by molar-refractivity contribution is 6.33. The number of rotatable bonds is 1. The summed E-state index contributed by atoms with van der Waals surface area (Å²) in [6.45, 7) is 1.16. The van der Waals surface area contributed by atoms with Crippen LogP contribution in [0.5, 0.6) is 0 Å². The van der Waals surface area contributed by atoms with E-state index in [0.29, 0.717) is 18.7 Å². The first-order chi connectivity index (χ1) is 8.56. The summed E-state index contributed by atoms with van der Waals surface area (Å²) in [6, 6.07) is 2.89.